The third kappa shape index (κ3) is 4.47. The van der Waals surface area contributed by atoms with Crippen LogP contribution in [0.3, 0.4) is 0 Å². The van der Waals surface area contributed by atoms with Crippen molar-refractivity contribution >= 4 is 33.9 Å². The van der Waals surface area contributed by atoms with Crippen LogP contribution in [0, 0.1) is 0 Å². The molecule has 4 rings (SSSR count). The lowest BCUT2D eigenvalue weighted by atomic mass is 10.1. The lowest BCUT2D eigenvalue weighted by Crippen LogP contribution is -2.44. The number of aromatic nitrogens is 2. The number of amides is 2. The van der Waals surface area contributed by atoms with Gasteiger partial charge >= 0.3 is 6.03 Å². The van der Waals surface area contributed by atoms with Crippen LogP contribution in [0.5, 0.6) is 0 Å². The van der Waals surface area contributed by atoms with Crippen molar-refractivity contribution in [2.24, 2.45) is 0 Å². The highest BCUT2D eigenvalue weighted by Crippen LogP contribution is 2.23. The first kappa shape index (κ1) is 18.4. The number of nitrogens with zero attached hydrogens (tertiary/aromatic N) is 4. The maximum atomic E-state index is 12.1. The second-order valence-corrected chi connectivity index (χ2v) is 7.65. The van der Waals surface area contributed by atoms with Gasteiger partial charge in [0.15, 0.2) is 5.82 Å². The first-order valence-corrected chi connectivity index (χ1v) is 10.0. The molecular weight excluding hydrogens is 372 g/mol. The second kappa shape index (κ2) is 8.37. The Morgan fingerprint density at radius 1 is 1.00 bits per heavy atom. The van der Waals surface area contributed by atoms with E-state index in [0.29, 0.717) is 5.69 Å². The molecular formula is C20H22N6OS. The molecule has 0 bridgehead atoms. The van der Waals surface area contributed by atoms with E-state index in [2.05, 4.69) is 37.7 Å². The van der Waals surface area contributed by atoms with Crippen LogP contribution in [0.1, 0.15) is 0 Å². The Hall–Kier alpha value is -2.97. The van der Waals surface area contributed by atoms with Gasteiger partial charge in [-0.15, -0.1) is 21.5 Å². The molecule has 0 saturated carbocycles. The predicted molar refractivity (Wildman–Crippen MR) is 114 cm³/mol. The van der Waals surface area contributed by atoms with Gasteiger partial charge in [-0.2, -0.15) is 0 Å². The largest absolute Gasteiger partial charge is 0.353 e. The molecule has 1 aliphatic rings. The first-order valence-electron chi connectivity index (χ1n) is 9.16. The number of urea groups is 1. The smallest absolute Gasteiger partial charge is 0.324 e. The zero-order valence-corrected chi connectivity index (χ0v) is 16.4. The van der Waals surface area contributed by atoms with Crippen molar-refractivity contribution in [3.05, 3.63) is 53.9 Å². The second-order valence-electron chi connectivity index (χ2n) is 6.70. The van der Waals surface area contributed by atoms with E-state index in [1.807, 2.05) is 53.9 Å². The number of benzene rings is 1. The molecule has 2 N–H and O–H groups in total. The average molecular weight is 395 g/mol. The van der Waals surface area contributed by atoms with E-state index in [9.17, 15) is 4.79 Å². The van der Waals surface area contributed by atoms with Crippen LogP contribution >= 0.6 is 11.3 Å². The van der Waals surface area contributed by atoms with Gasteiger partial charge in [-0.1, -0.05) is 12.1 Å². The van der Waals surface area contributed by atoms with Crippen LogP contribution in [-0.4, -0.2) is 54.4 Å². The fourth-order valence-electron chi connectivity index (χ4n) is 3.06. The minimum absolute atomic E-state index is 0.268. The van der Waals surface area contributed by atoms with Crippen molar-refractivity contribution in [1.82, 2.24) is 15.1 Å². The maximum Gasteiger partial charge on any atom is 0.324 e. The van der Waals surface area contributed by atoms with Gasteiger partial charge in [0.05, 0.1) is 10.7 Å². The summed E-state index contributed by atoms with van der Waals surface area (Å²) in [4.78, 5) is 16.7. The summed E-state index contributed by atoms with van der Waals surface area (Å²) in [5.74, 6) is 0.904. The highest BCUT2D eigenvalue weighted by molar-refractivity contribution is 7.14. The Morgan fingerprint density at radius 2 is 1.86 bits per heavy atom. The number of hydrogen-bond acceptors (Lipinski definition) is 6. The normalized spacial score (nSPS) is 14.7. The molecule has 3 heterocycles. The Morgan fingerprint density at radius 3 is 2.57 bits per heavy atom. The Bertz CT molecular complexity index is 920. The Labute approximate surface area is 168 Å². The van der Waals surface area contributed by atoms with Gasteiger partial charge in [-0.25, -0.2) is 4.79 Å². The van der Waals surface area contributed by atoms with E-state index in [-0.39, 0.29) is 6.03 Å². The van der Waals surface area contributed by atoms with Gasteiger partial charge in [-0.05, 0) is 48.8 Å². The maximum absolute atomic E-state index is 12.1. The Kier molecular flexibility index (Phi) is 5.50. The van der Waals surface area contributed by atoms with Crippen LogP contribution in [-0.2, 0) is 0 Å². The van der Waals surface area contributed by atoms with E-state index < -0.39 is 0 Å². The molecule has 1 aliphatic heterocycles. The van der Waals surface area contributed by atoms with E-state index in [4.69, 9.17) is 0 Å². The number of rotatable bonds is 4. The molecule has 0 unspecified atom stereocenters. The summed E-state index contributed by atoms with van der Waals surface area (Å²) in [7, 11) is 2.13. The minimum Gasteiger partial charge on any atom is -0.353 e. The molecule has 1 saturated heterocycles. The highest BCUT2D eigenvalue weighted by atomic mass is 32.1. The zero-order valence-electron chi connectivity index (χ0n) is 15.6. The predicted octanol–water partition coefficient (Wildman–Crippen LogP) is 3.60. The molecule has 2 aromatic heterocycles. The fourth-order valence-corrected chi connectivity index (χ4v) is 3.68. The molecule has 1 aromatic carbocycles. The number of thiophene rings is 1. The zero-order chi connectivity index (χ0) is 19.3. The first-order chi connectivity index (χ1) is 13.7. The molecule has 0 spiro atoms. The molecule has 1 fully saturated rings. The number of nitrogens with one attached hydrogen (secondary N) is 2. The minimum atomic E-state index is -0.268. The van der Waals surface area contributed by atoms with Crippen molar-refractivity contribution in [3.8, 4) is 11.3 Å². The summed E-state index contributed by atoms with van der Waals surface area (Å²) in [5.41, 5.74) is 2.39. The summed E-state index contributed by atoms with van der Waals surface area (Å²) in [6.45, 7) is 3.99. The van der Waals surface area contributed by atoms with Crippen molar-refractivity contribution < 1.29 is 4.79 Å². The number of piperazine rings is 1. The molecule has 144 valence electrons. The molecule has 0 aliphatic carbocycles. The summed E-state index contributed by atoms with van der Waals surface area (Å²) in [6, 6.07) is 15.1. The summed E-state index contributed by atoms with van der Waals surface area (Å²) in [5, 5.41) is 17.2. The van der Waals surface area contributed by atoms with Crippen molar-refractivity contribution in [2.45, 2.75) is 0 Å². The number of anilines is 3. The quantitative estimate of drug-likeness (QED) is 0.707. The molecule has 8 heteroatoms. The van der Waals surface area contributed by atoms with E-state index in [1.165, 1.54) is 11.3 Å². The topological polar surface area (TPSA) is 73.4 Å². The number of hydrogen-bond donors (Lipinski definition) is 2. The van der Waals surface area contributed by atoms with Gasteiger partial charge in [0.1, 0.15) is 0 Å². The van der Waals surface area contributed by atoms with E-state index in [1.54, 1.807) is 0 Å². The standard InChI is InChI=1S/C20H22N6OS/c1-25-9-11-26(12-10-25)18-8-7-17(23-24-18)15-4-2-5-16(14-15)21-20(27)22-19-6-3-13-28-19/h2-8,13-14H,9-12H2,1H3,(H2,21,22,27). The van der Waals surface area contributed by atoms with Crippen LogP contribution < -0.4 is 15.5 Å². The van der Waals surface area contributed by atoms with Crippen molar-refractivity contribution in [3.63, 3.8) is 0 Å². The number of carbonyl (C=O) groups excluding carboxylic acids is 1. The lowest BCUT2D eigenvalue weighted by molar-refractivity contribution is 0.262. The lowest BCUT2D eigenvalue weighted by Gasteiger charge is -2.32. The molecule has 28 heavy (non-hydrogen) atoms. The van der Waals surface area contributed by atoms with Gasteiger partial charge in [0.25, 0.3) is 0 Å². The monoisotopic (exact) mass is 394 g/mol. The van der Waals surface area contributed by atoms with Crippen molar-refractivity contribution in [1.29, 1.82) is 0 Å². The average Bonchev–Trinajstić information content (AvgIpc) is 3.22. The van der Waals surface area contributed by atoms with Crippen molar-refractivity contribution in [2.75, 3.05) is 48.8 Å². The Balaban J connectivity index is 1.43. The summed E-state index contributed by atoms with van der Waals surface area (Å²) >= 11 is 1.48. The fraction of sp³-hybridized carbons (Fsp3) is 0.250. The van der Waals surface area contributed by atoms with Gasteiger partial charge in [0, 0.05) is 37.4 Å². The van der Waals surface area contributed by atoms with Crippen LogP contribution in [0.25, 0.3) is 11.3 Å². The van der Waals surface area contributed by atoms with Gasteiger partial charge < -0.3 is 15.1 Å². The molecule has 0 atom stereocenters. The molecule has 7 nitrogen and oxygen atoms in total. The van der Waals surface area contributed by atoms with Crippen LogP contribution in [0.15, 0.2) is 53.9 Å². The van der Waals surface area contributed by atoms with Gasteiger partial charge in [-0.3, -0.25) is 5.32 Å². The SMILES string of the molecule is CN1CCN(c2ccc(-c3cccc(NC(=O)Nc4cccs4)c3)nn2)CC1. The highest BCUT2D eigenvalue weighted by Gasteiger charge is 2.15. The van der Waals surface area contributed by atoms with Crippen LogP contribution in [0.2, 0.25) is 0 Å². The van der Waals surface area contributed by atoms with Gasteiger partial charge in [0.2, 0.25) is 0 Å². The summed E-state index contributed by atoms with van der Waals surface area (Å²) < 4.78 is 0. The molecule has 3 aromatic rings. The third-order valence-electron chi connectivity index (χ3n) is 4.65. The molecule has 0 radical (unpaired) electrons. The van der Waals surface area contributed by atoms with Crippen LogP contribution in [0.4, 0.5) is 21.3 Å². The number of likely N-dealkylation sites (N-methyl/N-ethyl adjacent to an activating group) is 1. The van der Waals surface area contributed by atoms with E-state index in [0.717, 1.165) is 48.3 Å². The molecule has 2 amide bonds. The third-order valence-corrected chi connectivity index (χ3v) is 5.44. The number of carbonyl (C=O) groups is 1. The summed E-state index contributed by atoms with van der Waals surface area (Å²) in [6.07, 6.45) is 0. The van der Waals surface area contributed by atoms with E-state index >= 15 is 0 Å².